The van der Waals surface area contributed by atoms with E-state index in [1.807, 2.05) is 24.3 Å². The van der Waals surface area contributed by atoms with Gasteiger partial charge >= 0.3 is 0 Å². The van der Waals surface area contributed by atoms with Gasteiger partial charge in [-0.05, 0) is 40.4 Å². The third-order valence-corrected chi connectivity index (χ3v) is 4.00. The Morgan fingerprint density at radius 3 is 2.42 bits per heavy atom. The number of hydrogen-bond acceptors (Lipinski definition) is 2. The molecule has 2 rings (SSSR count). The van der Waals surface area contributed by atoms with E-state index < -0.39 is 0 Å². The third kappa shape index (κ3) is 3.54. The molecule has 1 aromatic carbocycles. The first kappa shape index (κ1) is 14.5. The van der Waals surface area contributed by atoms with Crippen LogP contribution in [0.4, 0.5) is 0 Å². The molecule has 0 aliphatic heterocycles. The van der Waals surface area contributed by atoms with Gasteiger partial charge in [0.1, 0.15) is 10.3 Å². The van der Waals surface area contributed by atoms with Gasteiger partial charge in [-0.15, -0.1) is 0 Å². The minimum absolute atomic E-state index is 0.136. The van der Waals surface area contributed by atoms with Crippen LogP contribution in [0.5, 0.6) is 0 Å². The SMILES string of the molecule is CC(C)Cc1nc(-c2ccc(Br)cc2)[nH]c(=O)c1Br. The lowest BCUT2D eigenvalue weighted by molar-refractivity contribution is 0.631. The predicted molar refractivity (Wildman–Crippen MR) is 84.2 cm³/mol. The molecule has 0 saturated heterocycles. The van der Waals surface area contributed by atoms with Crippen molar-refractivity contribution in [2.75, 3.05) is 0 Å². The van der Waals surface area contributed by atoms with E-state index >= 15 is 0 Å². The second-order valence-electron chi connectivity index (χ2n) is 4.78. The zero-order valence-corrected chi connectivity index (χ0v) is 13.9. The van der Waals surface area contributed by atoms with Crippen LogP contribution in [0.1, 0.15) is 19.5 Å². The molecular weight excluding hydrogens is 372 g/mol. The monoisotopic (exact) mass is 384 g/mol. The van der Waals surface area contributed by atoms with Gasteiger partial charge in [-0.1, -0.05) is 41.9 Å². The molecule has 3 nitrogen and oxygen atoms in total. The largest absolute Gasteiger partial charge is 0.306 e. The van der Waals surface area contributed by atoms with Crippen molar-refractivity contribution in [2.24, 2.45) is 5.92 Å². The first-order valence-electron chi connectivity index (χ1n) is 6.02. The van der Waals surface area contributed by atoms with Crippen LogP contribution in [0.15, 0.2) is 38.0 Å². The summed E-state index contributed by atoms with van der Waals surface area (Å²) >= 11 is 6.70. The molecule has 0 saturated carbocycles. The van der Waals surface area contributed by atoms with Crippen molar-refractivity contribution in [3.05, 3.63) is 49.3 Å². The normalized spacial score (nSPS) is 11.0. The highest BCUT2D eigenvalue weighted by atomic mass is 79.9. The molecule has 0 fully saturated rings. The Balaban J connectivity index is 2.50. The lowest BCUT2D eigenvalue weighted by Gasteiger charge is -2.09. The van der Waals surface area contributed by atoms with Crippen LogP contribution in [-0.2, 0) is 6.42 Å². The first-order chi connectivity index (χ1) is 8.97. The predicted octanol–water partition coefficient (Wildman–Crippen LogP) is 4.16. The molecule has 0 amide bonds. The van der Waals surface area contributed by atoms with Gasteiger partial charge in [-0.25, -0.2) is 4.98 Å². The first-order valence-corrected chi connectivity index (χ1v) is 7.60. The van der Waals surface area contributed by atoms with Crippen LogP contribution in [-0.4, -0.2) is 9.97 Å². The summed E-state index contributed by atoms with van der Waals surface area (Å²) in [5.74, 6) is 1.06. The molecule has 2 aromatic rings. The molecule has 0 radical (unpaired) electrons. The highest BCUT2D eigenvalue weighted by Gasteiger charge is 2.11. The van der Waals surface area contributed by atoms with E-state index in [9.17, 15) is 4.79 Å². The van der Waals surface area contributed by atoms with Gasteiger partial charge in [0.2, 0.25) is 0 Å². The molecule has 0 spiro atoms. The van der Waals surface area contributed by atoms with Gasteiger partial charge in [0.05, 0.1) is 5.69 Å². The standard InChI is InChI=1S/C14H14Br2N2O/c1-8(2)7-11-12(16)14(19)18-13(17-11)9-3-5-10(15)6-4-9/h3-6,8H,7H2,1-2H3,(H,17,18,19). The fraction of sp³-hybridized carbons (Fsp3) is 0.286. The summed E-state index contributed by atoms with van der Waals surface area (Å²) in [7, 11) is 0. The molecule has 1 aromatic heterocycles. The van der Waals surface area contributed by atoms with Gasteiger partial charge in [0, 0.05) is 10.0 Å². The Morgan fingerprint density at radius 2 is 1.84 bits per heavy atom. The lowest BCUT2D eigenvalue weighted by atomic mass is 10.1. The van der Waals surface area contributed by atoms with E-state index in [-0.39, 0.29) is 5.56 Å². The topological polar surface area (TPSA) is 45.8 Å². The quantitative estimate of drug-likeness (QED) is 0.861. The molecule has 1 N–H and O–H groups in total. The van der Waals surface area contributed by atoms with E-state index in [2.05, 4.69) is 55.7 Å². The molecule has 1 heterocycles. The Labute approximate surface area is 128 Å². The second kappa shape index (κ2) is 6.01. The number of benzene rings is 1. The smallest absolute Gasteiger partial charge is 0.265 e. The van der Waals surface area contributed by atoms with E-state index in [4.69, 9.17) is 0 Å². The fourth-order valence-electron chi connectivity index (χ4n) is 1.77. The van der Waals surface area contributed by atoms with Crippen molar-refractivity contribution in [1.29, 1.82) is 0 Å². The third-order valence-electron chi connectivity index (χ3n) is 2.65. The summed E-state index contributed by atoms with van der Waals surface area (Å²) in [6.45, 7) is 4.21. The molecule has 100 valence electrons. The Bertz CT molecular complexity index is 633. The summed E-state index contributed by atoms with van der Waals surface area (Å²) in [4.78, 5) is 19.3. The fourth-order valence-corrected chi connectivity index (χ4v) is 2.39. The molecule has 19 heavy (non-hydrogen) atoms. The number of H-pyrrole nitrogens is 1. The molecule has 0 unspecified atom stereocenters. The Kier molecular flexibility index (Phi) is 4.58. The Hall–Kier alpha value is -0.940. The maximum absolute atomic E-state index is 11.9. The second-order valence-corrected chi connectivity index (χ2v) is 6.49. The maximum Gasteiger partial charge on any atom is 0.265 e. The molecule has 0 aliphatic carbocycles. The van der Waals surface area contributed by atoms with Crippen molar-refractivity contribution in [1.82, 2.24) is 9.97 Å². The average molecular weight is 386 g/mol. The number of rotatable bonds is 3. The highest BCUT2D eigenvalue weighted by molar-refractivity contribution is 9.10. The van der Waals surface area contributed by atoms with Crippen molar-refractivity contribution in [2.45, 2.75) is 20.3 Å². The van der Waals surface area contributed by atoms with Crippen molar-refractivity contribution in [3.8, 4) is 11.4 Å². The number of aromatic amines is 1. The zero-order valence-electron chi connectivity index (χ0n) is 10.7. The average Bonchev–Trinajstić information content (AvgIpc) is 2.35. The van der Waals surface area contributed by atoms with Crippen LogP contribution in [0.3, 0.4) is 0 Å². The number of nitrogens with one attached hydrogen (secondary N) is 1. The molecule has 0 aliphatic rings. The van der Waals surface area contributed by atoms with E-state index in [1.165, 1.54) is 0 Å². The molecule has 5 heteroatoms. The molecule has 0 bridgehead atoms. The summed E-state index contributed by atoms with van der Waals surface area (Å²) in [5, 5.41) is 0. The van der Waals surface area contributed by atoms with Gasteiger partial charge in [-0.2, -0.15) is 0 Å². The maximum atomic E-state index is 11.9. The van der Waals surface area contributed by atoms with Gasteiger partial charge in [-0.3, -0.25) is 4.79 Å². The summed E-state index contributed by atoms with van der Waals surface area (Å²) in [5.41, 5.74) is 1.57. The minimum Gasteiger partial charge on any atom is -0.306 e. The number of halogens is 2. The van der Waals surface area contributed by atoms with Crippen LogP contribution in [0.2, 0.25) is 0 Å². The number of nitrogens with zero attached hydrogens (tertiary/aromatic N) is 1. The van der Waals surface area contributed by atoms with Gasteiger partial charge in [0.15, 0.2) is 0 Å². The van der Waals surface area contributed by atoms with Crippen LogP contribution >= 0.6 is 31.9 Å². The van der Waals surface area contributed by atoms with Crippen molar-refractivity contribution in [3.63, 3.8) is 0 Å². The number of hydrogen-bond donors (Lipinski definition) is 1. The van der Waals surface area contributed by atoms with Gasteiger partial charge in [0.25, 0.3) is 5.56 Å². The molecular formula is C14H14Br2N2O. The Morgan fingerprint density at radius 1 is 1.21 bits per heavy atom. The summed E-state index contributed by atoms with van der Waals surface area (Å²) < 4.78 is 1.53. The lowest BCUT2D eigenvalue weighted by Crippen LogP contribution is -2.14. The van der Waals surface area contributed by atoms with Crippen LogP contribution < -0.4 is 5.56 Å². The van der Waals surface area contributed by atoms with Gasteiger partial charge < -0.3 is 4.98 Å². The molecule has 0 atom stereocenters. The summed E-state index contributed by atoms with van der Waals surface area (Å²) in [6, 6.07) is 7.71. The van der Waals surface area contributed by atoms with E-state index in [1.54, 1.807) is 0 Å². The summed E-state index contributed by atoms with van der Waals surface area (Å²) in [6.07, 6.45) is 0.772. The van der Waals surface area contributed by atoms with Crippen LogP contribution in [0.25, 0.3) is 11.4 Å². The van der Waals surface area contributed by atoms with E-state index in [0.29, 0.717) is 16.2 Å². The highest BCUT2D eigenvalue weighted by Crippen LogP contribution is 2.20. The number of aromatic nitrogens is 2. The zero-order chi connectivity index (χ0) is 14.0. The van der Waals surface area contributed by atoms with Crippen molar-refractivity contribution < 1.29 is 0 Å². The van der Waals surface area contributed by atoms with E-state index in [0.717, 1.165) is 22.2 Å². The van der Waals surface area contributed by atoms with Crippen LogP contribution in [0, 0.1) is 5.92 Å². The minimum atomic E-state index is -0.136. The van der Waals surface area contributed by atoms with Crippen molar-refractivity contribution >= 4 is 31.9 Å².